The predicted octanol–water partition coefficient (Wildman–Crippen LogP) is 4.13. The van der Waals surface area contributed by atoms with Crippen LogP contribution in [0.3, 0.4) is 0 Å². The molecule has 28 heavy (non-hydrogen) atoms. The summed E-state index contributed by atoms with van der Waals surface area (Å²) >= 11 is 0. The highest BCUT2D eigenvalue weighted by Gasteiger charge is 2.18. The fourth-order valence-corrected chi connectivity index (χ4v) is 2.51. The molecule has 146 valence electrons. The lowest BCUT2D eigenvalue weighted by atomic mass is 10.1. The van der Waals surface area contributed by atoms with Gasteiger partial charge in [-0.2, -0.15) is 10.4 Å². The Balaban J connectivity index is 2.28. The van der Waals surface area contributed by atoms with E-state index < -0.39 is 11.5 Å². The van der Waals surface area contributed by atoms with Crippen LogP contribution in [0.25, 0.3) is 0 Å². The Hall–Kier alpha value is -3.47. The van der Waals surface area contributed by atoms with Crippen LogP contribution in [0.15, 0.2) is 39.3 Å². The van der Waals surface area contributed by atoms with Gasteiger partial charge in [-0.15, -0.1) is 5.11 Å². The summed E-state index contributed by atoms with van der Waals surface area (Å²) in [6, 6.07) is 8.17. The average molecular weight is 382 g/mol. The average Bonchev–Trinajstić information content (AvgIpc) is 2.69. The molecule has 0 saturated heterocycles. The van der Waals surface area contributed by atoms with E-state index in [1.54, 1.807) is 31.2 Å². The zero-order valence-corrected chi connectivity index (χ0v) is 16.1. The van der Waals surface area contributed by atoms with Crippen molar-refractivity contribution in [3.05, 3.63) is 51.3 Å². The van der Waals surface area contributed by atoms with Gasteiger partial charge in [-0.1, -0.05) is 13.3 Å². The van der Waals surface area contributed by atoms with Gasteiger partial charge in [0, 0.05) is 12.1 Å². The van der Waals surface area contributed by atoms with Gasteiger partial charge in [0.15, 0.2) is 5.69 Å². The zero-order valence-electron chi connectivity index (χ0n) is 16.1. The SMILES string of the molecule is CCCCOC(=O)c1ccc(/N=N/c2c(C)c(C#N)c(=O)n(CC)c2O)cc1. The summed E-state index contributed by atoms with van der Waals surface area (Å²) in [4.78, 5) is 24.1. The molecule has 0 saturated carbocycles. The molecule has 0 aliphatic rings. The maximum Gasteiger partial charge on any atom is 0.338 e. The maximum absolute atomic E-state index is 12.2. The number of nitriles is 1. The summed E-state index contributed by atoms with van der Waals surface area (Å²) in [5.74, 6) is -0.747. The molecule has 0 atom stereocenters. The van der Waals surface area contributed by atoms with E-state index in [9.17, 15) is 20.0 Å². The van der Waals surface area contributed by atoms with Crippen LogP contribution < -0.4 is 5.56 Å². The summed E-state index contributed by atoms with van der Waals surface area (Å²) < 4.78 is 6.21. The van der Waals surface area contributed by atoms with Crippen molar-refractivity contribution >= 4 is 17.3 Å². The van der Waals surface area contributed by atoms with Gasteiger partial charge in [-0.3, -0.25) is 9.36 Å². The number of unbranched alkanes of at least 4 members (excludes halogenated alkanes) is 1. The molecule has 0 fully saturated rings. The van der Waals surface area contributed by atoms with Gasteiger partial charge in [0.2, 0.25) is 5.88 Å². The van der Waals surface area contributed by atoms with Crippen LogP contribution in [-0.4, -0.2) is 22.2 Å². The molecule has 1 aromatic heterocycles. The third-order valence-electron chi connectivity index (χ3n) is 4.18. The summed E-state index contributed by atoms with van der Waals surface area (Å²) in [5, 5.41) is 27.6. The Morgan fingerprint density at radius 1 is 1.25 bits per heavy atom. The number of ether oxygens (including phenoxy) is 1. The predicted molar refractivity (Wildman–Crippen MR) is 103 cm³/mol. The minimum atomic E-state index is -0.565. The van der Waals surface area contributed by atoms with E-state index in [1.165, 1.54) is 6.92 Å². The smallest absolute Gasteiger partial charge is 0.338 e. The van der Waals surface area contributed by atoms with E-state index in [0.29, 0.717) is 17.9 Å². The second-order valence-electron chi connectivity index (χ2n) is 6.07. The number of nitrogens with zero attached hydrogens (tertiary/aromatic N) is 4. The van der Waals surface area contributed by atoms with E-state index in [2.05, 4.69) is 10.2 Å². The number of hydrogen-bond donors (Lipinski definition) is 1. The first kappa shape index (κ1) is 20.8. The summed E-state index contributed by atoms with van der Waals surface area (Å²) in [7, 11) is 0. The third kappa shape index (κ3) is 4.43. The quantitative estimate of drug-likeness (QED) is 0.439. The molecule has 0 radical (unpaired) electrons. The molecule has 1 heterocycles. The summed E-state index contributed by atoms with van der Waals surface area (Å²) in [6.45, 7) is 5.79. The molecule has 0 unspecified atom stereocenters. The number of pyridine rings is 1. The summed E-state index contributed by atoms with van der Waals surface area (Å²) in [6.07, 6.45) is 1.75. The minimum absolute atomic E-state index is 0.0565. The highest BCUT2D eigenvalue weighted by Crippen LogP contribution is 2.32. The Labute approximate surface area is 162 Å². The van der Waals surface area contributed by atoms with Crippen LogP contribution in [0.1, 0.15) is 48.2 Å². The van der Waals surface area contributed by atoms with Crippen molar-refractivity contribution in [1.29, 1.82) is 5.26 Å². The monoisotopic (exact) mass is 382 g/mol. The minimum Gasteiger partial charge on any atom is -0.493 e. The number of rotatable bonds is 7. The van der Waals surface area contributed by atoms with Gasteiger partial charge >= 0.3 is 5.97 Å². The van der Waals surface area contributed by atoms with Crippen LogP contribution in [0, 0.1) is 18.3 Å². The lowest BCUT2D eigenvalue weighted by Gasteiger charge is -2.11. The Kier molecular flexibility index (Phi) is 7.04. The van der Waals surface area contributed by atoms with Crippen LogP contribution in [0.4, 0.5) is 11.4 Å². The molecule has 0 spiro atoms. The van der Waals surface area contributed by atoms with E-state index in [-0.39, 0.29) is 29.2 Å². The van der Waals surface area contributed by atoms with Crippen LogP contribution in [0.5, 0.6) is 5.88 Å². The first-order chi connectivity index (χ1) is 13.4. The fraction of sp³-hybridized carbons (Fsp3) is 0.350. The van der Waals surface area contributed by atoms with E-state index >= 15 is 0 Å². The van der Waals surface area contributed by atoms with Gasteiger partial charge in [-0.05, 0) is 44.5 Å². The van der Waals surface area contributed by atoms with E-state index in [0.717, 1.165) is 17.4 Å². The standard InChI is InChI=1S/C20H22N4O4/c1-4-6-11-28-20(27)14-7-9-15(10-8-14)22-23-17-13(3)16(12-21)18(25)24(5-2)19(17)26/h7-10,26H,4-6,11H2,1-3H3/b23-22+. The van der Waals surface area contributed by atoms with Crippen molar-refractivity contribution in [3.63, 3.8) is 0 Å². The zero-order chi connectivity index (χ0) is 20.7. The number of carbonyl (C=O) groups is 1. The Morgan fingerprint density at radius 3 is 2.50 bits per heavy atom. The lowest BCUT2D eigenvalue weighted by Crippen LogP contribution is -2.23. The molecule has 0 aliphatic carbocycles. The van der Waals surface area contributed by atoms with Crippen LogP contribution in [-0.2, 0) is 11.3 Å². The van der Waals surface area contributed by atoms with Gasteiger partial charge in [0.05, 0.1) is 17.9 Å². The largest absolute Gasteiger partial charge is 0.493 e. The van der Waals surface area contributed by atoms with Crippen molar-refractivity contribution in [2.24, 2.45) is 10.2 Å². The van der Waals surface area contributed by atoms with E-state index in [1.807, 2.05) is 13.0 Å². The summed E-state index contributed by atoms with van der Waals surface area (Å²) in [5.41, 5.74) is 0.510. The molecule has 8 heteroatoms. The molecule has 8 nitrogen and oxygen atoms in total. The van der Waals surface area contributed by atoms with Gasteiger partial charge in [0.25, 0.3) is 5.56 Å². The maximum atomic E-state index is 12.2. The van der Waals surface area contributed by atoms with E-state index in [4.69, 9.17) is 4.74 Å². The second kappa shape index (κ2) is 9.46. The number of carbonyl (C=O) groups excluding carboxylic acids is 1. The number of esters is 1. The first-order valence-electron chi connectivity index (χ1n) is 8.99. The van der Waals surface area contributed by atoms with Crippen molar-refractivity contribution in [2.75, 3.05) is 6.61 Å². The molecular formula is C20H22N4O4. The molecule has 0 aliphatic heterocycles. The van der Waals surface area contributed by atoms with Gasteiger partial charge < -0.3 is 9.84 Å². The highest BCUT2D eigenvalue weighted by atomic mass is 16.5. The fourth-order valence-electron chi connectivity index (χ4n) is 2.51. The molecule has 1 N–H and O–H groups in total. The molecule has 2 aromatic rings. The number of aromatic hydroxyl groups is 1. The highest BCUT2D eigenvalue weighted by molar-refractivity contribution is 5.89. The Morgan fingerprint density at radius 2 is 1.93 bits per heavy atom. The van der Waals surface area contributed by atoms with Crippen molar-refractivity contribution < 1.29 is 14.6 Å². The number of azo groups is 1. The molecule has 1 aromatic carbocycles. The molecule has 0 amide bonds. The normalized spacial score (nSPS) is 10.8. The van der Waals surface area contributed by atoms with Crippen molar-refractivity contribution in [2.45, 2.75) is 40.2 Å². The third-order valence-corrected chi connectivity index (χ3v) is 4.18. The van der Waals surface area contributed by atoms with Gasteiger partial charge in [0.1, 0.15) is 11.6 Å². The number of aromatic nitrogens is 1. The first-order valence-corrected chi connectivity index (χ1v) is 8.99. The number of benzene rings is 1. The van der Waals surface area contributed by atoms with Crippen LogP contribution >= 0.6 is 0 Å². The molecular weight excluding hydrogens is 360 g/mol. The van der Waals surface area contributed by atoms with Crippen molar-refractivity contribution in [3.8, 4) is 11.9 Å². The van der Waals surface area contributed by atoms with Gasteiger partial charge in [-0.25, -0.2) is 4.79 Å². The number of hydrogen-bond acceptors (Lipinski definition) is 7. The topological polar surface area (TPSA) is 117 Å². The Bertz CT molecular complexity index is 985. The second-order valence-corrected chi connectivity index (χ2v) is 6.07. The molecule has 0 bridgehead atoms. The van der Waals surface area contributed by atoms with Crippen molar-refractivity contribution in [1.82, 2.24) is 4.57 Å². The van der Waals surface area contributed by atoms with Crippen LogP contribution in [0.2, 0.25) is 0 Å². The lowest BCUT2D eigenvalue weighted by molar-refractivity contribution is 0.0500. The molecule has 2 rings (SSSR count).